The van der Waals surface area contributed by atoms with Crippen LogP contribution < -0.4 is 0 Å². The summed E-state index contributed by atoms with van der Waals surface area (Å²) in [5, 5.41) is 0. The van der Waals surface area contributed by atoms with Gasteiger partial charge in [-0.25, -0.2) is 9.59 Å². The number of carbonyl (C=O) groups is 4. The number of benzene rings is 1. The van der Waals surface area contributed by atoms with Gasteiger partial charge in [0, 0.05) is 12.8 Å². The highest BCUT2D eigenvalue weighted by atomic mass is 16.5. The average molecular weight is 463 g/mol. The molecular weight excluding hydrogens is 428 g/mol. The fourth-order valence-corrected chi connectivity index (χ4v) is 3.23. The van der Waals surface area contributed by atoms with Crippen molar-refractivity contribution < 1.29 is 38.1 Å². The molecule has 2 bridgehead atoms. The summed E-state index contributed by atoms with van der Waals surface area (Å²) in [6, 6.07) is 6.28. The third-order valence-electron chi connectivity index (χ3n) is 5.19. The van der Waals surface area contributed by atoms with E-state index in [0.717, 1.165) is 44.9 Å². The Hall–Kier alpha value is -2.90. The molecule has 0 spiro atoms. The molecule has 1 saturated heterocycles. The van der Waals surface area contributed by atoms with Gasteiger partial charge in [0.15, 0.2) is 0 Å². The Morgan fingerprint density at radius 1 is 0.424 bits per heavy atom. The first-order valence-corrected chi connectivity index (χ1v) is 11.8. The van der Waals surface area contributed by atoms with Crippen LogP contribution in [0.2, 0.25) is 0 Å². The maximum Gasteiger partial charge on any atom is 0.338 e. The summed E-state index contributed by atoms with van der Waals surface area (Å²) >= 11 is 0. The third kappa shape index (κ3) is 11.5. The van der Waals surface area contributed by atoms with E-state index in [0.29, 0.717) is 63.2 Å². The molecule has 1 fully saturated rings. The molecule has 0 N–H and O–H groups in total. The molecule has 182 valence electrons. The molecule has 0 atom stereocenters. The normalized spacial score (nSPS) is 19.5. The summed E-state index contributed by atoms with van der Waals surface area (Å²) in [6.07, 6.45) is 8.90. The molecule has 1 aromatic carbocycles. The van der Waals surface area contributed by atoms with Gasteiger partial charge in [0.1, 0.15) is 0 Å². The van der Waals surface area contributed by atoms with Crippen molar-refractivity contribution in [2.75, 3.05) is 26.4 Å². The first kappa shape index (κ1) is 26.4. The number of cyclic esters (lactones) is 2. The molecular formula is C25H34O8. The summed E-state index contributed by atoms with van der Waals surface area (Å²) in [5.74, 6) is -0.894. The molecule has 0 aliphatic carbocycles. The van der Waals surface area contributed by atoms with Crippen LogP contribution in [0.15, 0.2) is 24.3 Å². The zero-order valence-corrected chi connectivity index (χ0v) is 19.2. The lowest BCUT2D eigenvalue weighted by molar-refractivity contribution is -0.146. The maximum absolute atomic E-state index is 11.5. The molecule has 3 aliphatic heterocycles. The molecule has 8 heteroatoms. The van der Waals surface area contributed by atoms with E-state index in [1.807, 2.05) is 0 Å². The maximum atomic E-state index is 11.5. The Morgan fingerprint density at radius 3 is 1.15 bits per heavy atom. The minimum Gasteiger partial charge on any atom is -0.466 e. The van der Waals surface area contributed by atoms with E-state index in [1.165, 1.54) is 0 Å². The second-order valence-electron chi connectivity index (χ2n) is 7.97. The number of hydrogen-bond donors (Lipinski definition) is 0. The van der Waals surface area contributed by atoms with Crippen LogP contribution in [-0.4, -0.2) is 50.3 Å². The van der Waals surface area contributed by atoms with Gasteiger partial charge in [-0.15, -0.1) is 0 Å². The van der Waals surface area contributed by atoms with Crippen molar-refractivity contribution in [1.29, 1.82) is 0 Å². The molecule has 0 radical (unpaired) electrons. The fraction of sp³-hybridized carbons (Fsp3) is 0.600. The lowest BCUT2D eigenvalue weighted by Crippen LogP contribution is -2.12. The average Bonchev–Trinajstić information content (AvgIpc) is 2.82. The first-order valence-electron chi connectivity index (χ1n) is 11.8. The molecule has 0 amide bonds. The van der Waals surface area contributed by atoms with E-state index >= 15 is 0 Å². The largest absolute Gasteiger partial charge is 0.466 e. The molecule has 0 aromatic heterocycles. The van der Waals surface area contributed by atoms with Crippen LogP contribution in [-0.2, 0) is 28.5 Å². The van der Waals surface area contributed by atoms with Gasteiger partial charge >= 0.3 is 23.9 Å². The lowest BCUT2D eigenvalue weighted by atomic mass is 10.1. The Morgan fingerprint density at radius 2 is 0.758 bits per heavy atom. The zero-order chi connectivity index (χ0) is 23.7. The van der Waals surface area contributed by atoms with Crippen molar-refractivity contribution in [2.24, 2.45) is 0 Å². The van der Waals surface area contributed by atoms with E-state index in [4.69, 9.17) is 18.9 Å². The monoisotopic (exact) mass is 462 g/mol. The van der Waals surface area contributed by atoms with E-state index in [2.05, 4.69) is 0 Å². The number of hydrogen-bond acceptors (Lipinski definition) is 8. The van der Waals surface area contributed by atoms with E-state index in [9.17, 15) is 19.2 Å². The van der Waals surface area contributed by atoms with E-state index in [-0.39, 0.29) is 23.9 Å². The molecule has 3 heterocycles. The van der Waals surface area contributed by atoms with Crippen molar-refractivity contribution >= 4 is 23.9 Å². The molecule has 4 rings (SSSR count). The van der Waals surface area contributed by atoms with E-state index < -0.39 is 0 Å². The fourth-order valence-electron chi connectivity index (χ4n) is 3.23. The molecule has 8 nitrogen and oxygen atoms in total. The van der Waals surface area contributed by atoms with Gasteiger partial charge in [0.2, 0.25) is 0 Å². The summed E-state index contributed by atoms with van der Waals surface area (Å²) in [4.78, 5) is 45.5. The molecule has 0 saturated carbocycles. The first-order chi connectivity index (χ1) is 16.1. The van der Waals surface area contributed by atoms with Gasteiger partial charge in [0.05, 0.1) is 37.6 Å². The summed E-state index contributed by atoms with van der Waals surface area (Å²) in [5.41, 5.74) is 0.911. The predicted octanol–water partition coefficient (Wildman–Crippen LogP) is 4.39. The zero-order valence-electron chi connectivity index (χ0n) is 19.2. The highest BCUT2D eigenvalue weighted by Crippen LogP contribution is 2.11. The van der Waals surface area contributed by atoms with Crippen LogP contribution in [0.4, 0.5) is 0 Å². The van der Waals surface area contributed by atoms with Crippen LogP contribution >= 0.6 is 0 Å². The van der Waals surface area contributed by atoms with Gasteiger partial charge in [-0.1, -0.05) is 19.3 Å². The SMILES string of the molecule is O=C1CCCCCCCC(=O)OCCCCO1.O=C1OCCCCOC(=O)c2ccc1cc2. The number of rotatable bonds is 0. The van der Waals surface area contributed by atoms with Crippen LogP contribution in [0.5, 0.6) is 0 Å². The van der Waals surface area contributed by atoms with Crippen LogP contribution in [0.3, 0.4) is 0 Å². The molecule has 0 unspecified atom stereocenters. The van der Waals surface area contributed by atoms with Gasteiger partial charge in [-0.3, -0.25) is 9.59 Å². The van der Waals surface area contributed by atoms with Gasteiger partial charge < -0.3 is 18.9 Å². The van der Waals surface area contributed by atoms with Crippen molar-refractivity contribution in [2.45, 2.75) is 70.6 Å². The highest BCUT2D eigenvalue weighted by molar-refractivity contribution is 5.93. The Kier molecular flexibility index (Phi) is 12.6. The molecule has 3 aliphatic rings. The third-order valence-corrected chi connectivity index (χ3v) is 5.19. The standard InChI is InChI=1S/C13H22O4.C12H12O4/c14-12-8-4-2-1-3-5-9-13(15)17-11-7-6-10-16-12;13-11-9-3-5-10(6-4-9)12(14)16-8-2-1-7-15-11/h1-11H2;3-6H,1-2,7-8H2. The number of ether oxygens (including phenoxy) is 4. The highest BCUT2D eigenvalue weighted by Gasteiger charge is 2.12. The second-order valence-corrected chi connectivity index (χ2v) is 7.97. The van der Waals surface area contributed by atoms with Crippen LogP contribution in [0, 0.1) is 0 Å². The lowest BCUT2D eigenvalue weighted by Gasteiger charge is -2.09. The Labute approximate surface area is 194 Å². The van der Waals surface area contributed by atoms with E-state index in [1.54, 1.807) is 24.3 Å². The summed E-state index contributed by atoms with van der Waals surface area (Å²) < 4.78 is 20.2. The minimum absolute atomic E-state index is 0.100. The quantitative estimate of drug-likeness (QED) is 0.413. The van der Waals surface area contributed by atoms with Crippen LogP contribution in [0.1, 0.15) is 91.3 Å². The van der Waals surface area contributed by atoms with Crippen LogP contribution in [0.25, 0.3) is 0 Å². The van der Waals surface area contributed by atoms with Gasteiger partial charge in [-0.2, -0.15) is 0 Å². The van der Waals surface area contributed by atoms with Crippen molar-refractivity contribution in [1.82, 2.24) is 0 Å². The number of carbonyl (C=O) groups excluding carboxylic acids is 4. The van der Waals surface area contributed by atoms with Gasteiger partial charge in [-0.05, 0) is 62.8 Å². The second kappa shape index (κ2) is 15.8. The van der Waals surface area contributed by atoms with Crippen molar-refractivity contribution in [3.05, 3.63) is 35.4 Å². The summed E-state index contributed by atoms with van der Waals surface area (Å²) in [6.45, 7) is 1.60. The Bertz CT molecular complexity index is 693. The Balaban J connectivity index is 0.000000234. The molecule has 33 heavy (non-hydrogen) atoms. The number of esters is 4. The smallest absolute Gasteiger partial charge is 0.338 e. The van der Waals surface area contributed by atoms with Gasteiger partial charge in [0.25, 0.3) is 0 Å². The predicted molar refractivity (Wildman–Crippen MR) is 120 cm³/mol. The summed E-state index contributed by atoms with van der Waals surface area (Å²) in [7, 11) is 0. The van der Waals surface area contributed by atoms with Crippen molar-refractivity contribution in [3.8, 4) is 0 Å². The molecule has 1 aromatic rings. The topological polar surface area (TPSA) is 105 Å². The minimum atomic E-state index is -0.347. The number of fused-ring (bicyclic) bond motifs is 9. The van der Waals surface area contributed by atoms with Crippen molar-refractivity contribution in [3.63, 3.8) is 0 Å².